The number of fused-ring (bicyclic) bond motifs is 1. The van der Waals surface area contributed by atoms with Crippen LogP contribution < -0.4 is 5.32 Å². The first-order valence-electron chi connectivity index (χ1n) is 8.85. The standard InChI is InChI=1S/C23H19FN2O/c24-19-12-10-17(11-13-19)23(16-6-2-1-3-7-16)26-22(27)14-18-15-25-21-9-5-4-8-20(18)21/h1-13,15,23,25H,14H2,(H,26,27). The summed E-state index contributed by atoms with van der Waals surface area (Å²) in [4.78, 5) is 16.0. The number of H-pyrrole nitrogens is 1. The molecule has 0 bridgehead atoms. The third kappa shape index (κ3) is 3.75. The summed E-state index contributed by atoms with van der Waals surface area (Å²) in [7, 11) is 0. The molecule has 0 saturated carbocycles. The number of amides is 1. The molecule has 2 N–H and O–H groups in total. The molecule has 3 aromatic carbocycles. The SMILES string of the molecule is O=C(Cc1c[nH]c2ccccc12)NC(c1ccccc1)c1ccc(F)cc1. The fourth-order valence-electron chi connectivity index (χ4n) is 3.32. The molecule has 1 atom stereocenters. The maximum Gasteiger partial charge on any atom is 0.225 e. The van der Waals surface area contributed by atoms with Crippen LogP contribution in [-0.2, 0) is 11.2 Å². The van der Waals surface area contributed by atoms with E-state index in [9.17, 15) is 9.18 Å². The summed E-state index contributed by atoms with van der Waals surface area (Å²) in [6.45, 7) is 0. The molecule has 0 aliphatic carbocycles. The van der Waals surface area contributed by atoms with Gasteiger partial charge >= 0.3 is 0 Å². The third-order valence-electron chi connectivity index (χ3n) is 4.67. The largest absolute Gasteiger partial charge is 0.361 e. The van der Waals surface area contributed by atoms with Gasteiger partial charge in [-0.3, -0.25) is 4.79 Å². The van der Waals surface area contributed by atoms with Crippen molar-refractivity contribution in [2.75, 3.05) is 0 Å². The van der Waals surface area contributed by atoms with Crippen molar-refractivity contribution < 1.29 is 9.18 Å². The van der Waals surface area contributed by atoms with Crippen molar-refractivity contribution in [1.82, 2.24) is 10.3 Å². The second-order valence-corrected chi connectivity index (χ2v) is 6.50. The number of hydrogen-bond acceptors (Lipinski definition) is 1. The van der Waals surface area contributed by atoms with Crippen molar-refractivity contribution in [2.45, 2.75) is 12.5 Å². The van der Waals surface area contributed by atoms with Crippen LogP contribution in [0.3, 0.4) is 0 Å². The van der Waals surface area contributed by atoms with E-state index in [1.54, 1.807) is 12.1 Å². The Hall–Kier alpha value is -3.40. The average molecular weight is 358 g/mol. The fourth-order valence-corrected chi connectivity index (χ4v) is 3.32. The van der Waals surface area contributed by atoms with E-state index in [1.165, 1.54) is 12.1 Å². The summed E-state index contributed by atoms with van der Waals surface area (Å²) in [5.74, 6) is -0.381. The maximum absolute atomic E-state index is 13.3. The molecule has 1 amide bonds. The minimum atomic E-state index is -0.329. The zero-order valence-electron chi connectivity index (χ0n) is 14.7. The number of aromatic nitrogens is 1. The molecule has 3 nitrogen and oxygen atoms in total. The molecule has 0 aliphatic rings. The summed E-state index contributed by atoms with van der Waals surface area (Å²) in [6.07, 6.45) is 2.15. The second-order valence-electron chi connectivity index (χ2n) is 6.50. The van der Waals surface area contributed by atoms with E-state index < -0.39 is 0 Å². The van der Waals surface area contributed by atoms with Crippen molar-refractivity contribution >= 4 is 16.8 Å². The summed E-state index contributed by atoms with van der Waals surface area (Å²) < 4.78 is 13.3. The van der Waals surface area contributed by atoms with Gasteiger partial charge in [0.2, 0.25) is 5.91 Å². The third-order valence-corrected chi connectivity index (χ3v) is 4.67. The van der Waals surface area contributed by atoms with Crippen molar-refractivity contribution in [3.63, 3.8) is 0 Å². The topological polar surface area (TPSA) is 44.9 Å². The zero-order chi connectivity index (χ0) is 18.6. The maximum atomic E-state index is 13.3. The van der Waals surface area contributed by atoms with Crippen LogP contribution in [0.2, 0.25) is 0 Å². The number of halogens is 1. The molecule has 4 aromatic rings. The smallest absolute Gasteiger partial charge is 0.225 e. The van der Waals surface area contributed by atoms with Gasteiger partial charge < -0.3 is 10.3 Å². The first-order valence-corrected chi connectivity index (χ1v) is 8.85. The van der Waals surface area contributed by atoms with Crippen LogP contribution in [0, 0.1) is 5.82 Å². The first kappa shape index (κ1) is 17.0. The van der Waals surface area contributed by atoms with E-state index in [0.29, 0.717) is 0 Å². The van der Waals surface area contributed by atoms with Gasteiger partial charge in [0.1, 0.15) is 5.82 Å². The van der Waals surface area contributed by atoms with Gasteiger partial charge in [-0.1, -0.05) is 60.7 Å². The van der Waals surface area contributed by atoms with E-state index in [1.807, 2.05) is 60.8 Å². The first-order chi connectivity index (χ1) is 13.2. The van der Waals surface area contributed by atoms with Crippen molar-refractivity contribution in [3.8, 4) is 0 Å². The Labute approximate surface area is 156 Å². The van der Waals surface area contributed by atoms with Gasteiger partial charge in [0.15, 0.2) is 0 Å². The lowest BCUT2D eigenvalue weighted by Gasteiger charge is -2.20. The number of hydrogen-bond donors (Lipinski definition) is 2. The van der Waals surface area contributed by atoms with Gasteiger partial charge in [0.05, 0.1) is 12.5 Å². The number of benzene rings is 3. The van der Waals surface area contributed by atoms with Crippen LogP contribution >= 0.6 is 0 Å². The molecular formula is C23H19FN2O. The molecular weight excluding hydrogens is 339 g/mol. The molecule has 1 heterocycles. The number of nitrogens with one attached hydrogen (secondary N) is 2. The quantitative estimate of drug-likeness (QED) is 0.531. The van der Waals surface area contributed by atoms with Gasteiger partial charge in [-0.2, -0.15) is 0 Å². The molecule has 27 heavy (non-hydrogen) atoms. The molecule has 1 unspecified atom stereocenters. The van der Waals surface area contributed by atoms with Crippen LogP contribution in [0.4, 0.5) is 4.39 Å². The lowest BCUT2D eigenvalue weighted by Crippen LogP contribution is -2.30. The van der Waals surface area contributed by atoms with Gasteiger partial charge in [-0.25, -0.2) is 4.39 Å². The highest BCUT2D eigenvalue weighted by Crippen LogP contribution is 2.23. The molecule has 0 spiro atoms. The normalized spacial score (nSPS) is 12.0. The lowest BCUT2D eigenvalue weighted by atomic mass is 9.98. The van der Waals surface area contributed by atoms with E-state index in [-0.39, 0.29) is 24.2 Å². The van der Waals surface area contributed by atoms with Gasteiger partial charge in [-0.15, -0.1) is 0 Å². The highest BCUT2D eigenvalue weighted by atomic mass is 19.1. The number of carbonyl (C=O) groups excluding carboxylic acids is 1. The molecule has 134 valence electrons. The monoisotopic (exact) mass is 358 g/mol. The van der Waals surface area contributed by atoms with Crippen LogP contribution in [0.25, 0.3) is 10.9 Å². The Balaban J connectivity index is 1.59. The summed E-state index contributed by atoms with van der Waals surface area (Å²) in [5.41, 5.74) is 3.76. The van der Waals surface area contributed by atoms with Crippen molar-refractivity contribution in [2.24, 2.45) is 0 Å². The highest BCUT2D eigenvalue weighted by Gasteiger charge is 2.18. The van der Waals surface area contributed by atoms with Gasteiger partial charge in [0, 0.05) is 17.1 Å². The fraction of sp³-hybridized carbons (Fsp3) is 0.0870. The Morgan fingerprint density at radius 3 is 2.33 bits per heavy atom. The second kappa shape index (κ2) is 7.46. The lowest BCUT2D eigenvalue weighted by molar-refractivity contribution is -0.120. The summed E-state index contributed by atoms with van der Waals surface area (Å²) in [5, 5.41) is 4.14. The molecule has 0 radical (unpaired) electrons. The number of carbonyl (C=O) groups is 1. The zero-order valence-corrected chi connectivity index (χ0v) is 14.7. The minimum Gasteiger partial charge on any atom is -0.361 e. The molecule has 0 saturated heterocycles. The van der Waals surface area contributed by atoms with Crippen LogP contribution in [0.1, 0.15) is 22.7 Å². The molecule has 4 rings (SSSR count). The molecule has 0 fully saturated rings. The van der Waals surface area contributed by atoms with E-state index >= 15 is 0 Å². The Bertz CT molecular complexity index is 1050. The van der Waals surface area contributed by atoms with Crippen molar-refractivity contribution in [1.29, 1.82) is 0 Å². The molecule has 1 aromatic heterocycles. The summed E-state index contributed by atoms with van der Waals surface area (Å²) >= 11 is 0. The van der Waals surface area contributed by atoms with Crippen LogP contribution in [0.15, 0.2) is 85.1 Å². The Morgan fingerprint density at radius 2 is 1.56 bits per heavy atom. The Morgan fingerprint density at radius 1 is 0.889 bits per heavy atom. The van der Waals surface area contributed by atoms with Crippen LogP contribution in [0.5, 0.6) is 0 Å². The Kier molecular flexibility index (Phi) is 4.71. The minimum absolute atomic E-state index is 0.0852. The predicted octanol–water partition coefficient (Wildman–Crippen LogP) is 4.76. The van der Waals surface area contributed by atoms with Gasteiger partial charge in [0.25, 0.3) is 0 Å². The highest BCUT2D eigenvalue weighted by molar-refractivity contribution is 5.89. The van der Waals surface area contributed by atoms with E-state index in [0.717, 1.165) is 27.6 Å². The number of rotatable bonds is 5. The summed E-state index contributed by atoms with van der Waals surface area (Å²) in [6, 6.07) is 23.5. The van der Waals surface area contributed by atoms with Crippen LogP contribution in [-0.4, -0.2) is 10.9 Å². The average Bonchev–Trinajstić information content (AvgIpc) is 3.10. The van der Waals surface area contributed by atoms with E-state index in [4.69, 9.17) is 0 Å². The number of para-hydroxylation sites is 1. The van der Waals surface area contributed by atoms with E-state index in [2.05, 4.69) is 10.3 Å². The predicted molar refractivity (Wildman–Crippen MR) is 105 cm³/mol. The molecule has 4 heteroatoms. The number of aromatic amines is 1. The molecule has 0 aliphatic heterocycles. The van der Waals surface area contributed by atoms with Gasteiger partial charge in [-0.05, 0) is 34.9 Å². The van der Waals surface area contributed by atoms with Crippen molar-refractivity contribution in [3.05, 3.63) is 108 Å².